The minimum atomic E-state index is -0.236. The van der Waals surface area contributed by atoms with Gasteiger partial charge in [-0.1, -0.05) is 54.6 Å². The molecule has 2 saturated heterocycles. The average molecular weight is 380 g/mol. The van der Waals surface area contributed by atoms with E-state index in [0.717, 1.165) is 16.7 Å². The van der Waals surface area contributed by atoms with Crippen LogP contribution in [-0.2, 0) is 14.3 Å². The van der Waals surface area contributed by atoms with Crippen LogP contribution in [0.15, 0.2) is 54.6 Å². The van der Waals surface area contributed by atoms with Crippen molar-refractivity contribution in [1.82, 2.24) is 9.80 Å². The van der Waals surface area contributed by atoms with Gasteiger partial charge in [0.25, 0.3) is 0 Å². The molecule has 28 heavy (non-hydrogen) atoms. The summed E-state index contributed by atoms with van der Waals surface area (Å²) in [5.41, 5.74) is 3.35. The van der Waals surface area contributed by atoms with Crippen LogP contribution in [0.5, 0.6) is 0 Å². The summed E-state index contributed by atoms with van der Waals surface area (Å²) in [4.78, 5) is 28.0. The van der Waals surface area contributed by atoms with Crippen LogP contribution in [0.3, 0.4) is 0 Å². The number of ether oxygens (including phenoxy) is 1. The van der Waals surface area contributed by atoms with E-state index in [9.17, 15) is 14.7 Å². The van der Waals surface area contributed by atoms with Gasteiger partial charge >= 0.3 is 0 Å². The average Bonchev–Trinajstić information content (AvgIpc) is 2.71. The standard InChI is InChI=1S/C22H24N2O4/c1-28-14-21(27)23-11-18-22(19(13-25)24(18)20(26)12-23)17-9-7-16(8-10-17)15-5-3-2-4-6-15/h2-10,18-19,22,25H,11-14H2,1H3/t18-,19+,22-/m1/s1. The van der Waals surface area contributed by atoms with Crippen LogP contribution in [0.25, 0.3) is 11.1 Å². The van der Waals surface area contributed by atoms with Gasteiger partial charge in [0.05, 0.1) is 25.2 Å². The molecule has 6 nitrogen and oxygen atoms in total. The summed E-state index contributed by atoms with van der Waals surface area (Å²) in [7, 11) is 1.47. The van der Waals surface area contributed by atoms with E-state index >= 15 is 0 Å². The van der Waals surface area contributed by atoms with Crippen molar-refractivity contribution in [2.45, 2.75) is 18.0 Å². The van der Waals surface area contributed by atoms with Crippen molar-refractivity contribution in [3.8, 4) is 11.1 Å². The van der Waals surface area contributed by atoms with Gasteiger partial charge in [-0.05, 0) is 16.7 Å². The van der Waals surface area contributed by atoms with Gasteiger partial charge < -0.3 is 19.6 Å². The molecule has 1 N–H and O–H groups in total. The van der Waals surface area contributed by atoms with Gasteiger partial charge in [0.15, 0.2) is 0 Å². The minimum Gasteiger partial charge on any atom is -0.394 e. The number of rotatable bonds is 5. The Morgan fingerprint density at radius 1 is 1.11 bits per heavy atom. The van der Waals surface area contributed by atoms with Crippen molar-refractivity contribution in [2.24, 2.45) is 0 Å². The second kappa shape index (κ2) is 7.73. The molecule has 0 saturated carbocycles. The number of carbonyl (C=O) groups is 2. The molecule has 2 fully saturated rings. The highest BCUT2D eigenvalue weighted by molar-refractivity contribution is 5.88. The molecule has 2 aromatic carbocycles. The number of methoxy groups -OCH3 is 1. The molecule has 4 rings (SSSR count). The number of aliphatic hydroxyl groups is 1. The molecule has 2 aliphatic heterocycles. The van der Waals surface area contributed by atoms with E-state index in [0.29, 0.717) is 6.54 Å². The van der Waals surface area contributed by atoms with Crippen molar-refractivity contribution in [3.63, 3.8) is 0 Å². The molecule has 2 heterocycles. The van der Waals surface area contributed by atoms with Gasteiger partial charge in [0.1, 0.15) is 6.61 Å². The van der Waals surface area contributed by atoms with Gasteiger partial charge in [-0.25, -0.2) is 0 Å². The second-order valence-electron chi connectivity index (χ2n) is 7.34. The topological polar surface area (TPSA) is 70.1 Å². The Kier molecular flexibility index (Phi) is 5.15. The lowest BCUT2D eigenvalue weighted by atomic mass is 9.73. The molecule has 0 bridgehead atoms. The summed E-state index contributed by atoms with van der Waals surface area (Å²) in [6.07, 6.45) is 0. The molecule has 3 atom stereocenters. The molecule has 0 aliphatic carbocycles. The number of hydrogen-bond donors (Lipinski definition) is 1. The van der Waals surface area contributed by atoms with Gasteiger partial charge in [-0.3, -0.25) is 9.59 Å². The maximum Gasteiger partial charge on any atom is 0.249 e. The van der Waals surface area contributed by atoms with Crippen molar-refractivity contribution < 1.29 is 19.4 Å². The Balaban J connectivity index is 1.56. The van der Waals surface area contributed by atoms with Crippen molar-refractivity contribution in [1.29, 1.82) is 0 Å². The molecule has 146 valence electrons. The fraction of sp³-hybridized carbons (Fsp3) is 0.364. The third kappa shape index (κ3) is 3.19. The van der Waals surface area contributed by atoms with E-state index in [4.69, 9.17) is 4.74 Å². The van der Waals surface area contributed by atoms with Crippen molar-refractivity contribution in [2.75, 3.05) is 33.4 Å². The van der Waals surface area contributed by atoms with Crippen molar-refractivity contribution in [3.05, 3.63) is 60.2 Å². The third-order valence-electron chi connectivity index (χ3n) is 5.78. The number of aliphatic hydroxyl groups excluding tert-OH is 1. The fourth-order valence-electron chi connectivity index (χ4n) is 4.43. The lowest BCUT2D eigenvalue weighted by Crippen LogP contribution is -2.73. The van der Waals surface area contributed by atoms with Gasteiger partial charge in [-0.15, -0.1) is 0 Å². The smallest absolute Gasteiger partial charge is 0.249 e. The number of hydrogen-bond acceptors (Lipinski definition) is 4. The zero-order chi connectivity index (χ0) is 19.7. The highest BCUT2D eigenvalue weighted by atomic mass is 16.5. The quantitative estimate of drug-likeness (QED) is 0.854. The number of piperazine rings is 1. The lowest BCUT2D eigenvalue weighted by molar-refractivity contribution is -0.168. The Hall–Kier alpha value is -2.70. The molecule has 0 spiro atoms. The van der Waals surface area contributed by atoms with Crippen LogP contribution in [0, 0.1) is 0 Å². The summed E-state index contributed by atoms with van der Waals surface area (Å²) >= 11 is 0. The molecule has 2 aromatic rings. The highest BCUT2D eigenvalue weighted by Crippen LogP contribution is 2.43. The van der Waals surface area contributed by atoms with Crippen LogP contribution in [-0.4, -0.2) is 72.2 Å². The number of amides is 2. The SMILES string of the molecule is COCC(=O)N1CC(=O)N2[C@H](C1)[C@@H](c1ccc(-c3ccccc3)cc1)[C@@H]2CO. The molecule has 0 unspecified atom stereocenters. The summed E-state index contributed by atoms with van der Waals surface area (Å²) in [5.74, 6) is -0.282. The molecule has 6 heteroatoms. The first kappa shape index (κ1) is 18.7. The Morgan fingerprint density at radius 2 is 1.79 bits per heavy atom. The molecule has 0 radical (unpaired) electrons. The van der Waals surface area contributed by atoms with Gasteiger partial charge in [-0.2, -0.15) is 0 Å². The van der Waals surface area contributed by atoms with Gasteiger partial charge in [0, 0.05) is 19.6 Å². The lowest BCUT2D eigenvalue weighted by Gasteiger charge is -2.58. The first-order valence-electron chi connectivity index (χ1n) is 9.48. The summed E-state index contributed by atoms with van der Waals surface area (Å²) in [6.45, 7) is 0.406. The van der Waals surface area contributed by atoms with E-state index < -0.39 is 0 Å². The zero-order valence-corrected chi connectivity index (χ0v) is 15.8. The second-order valence-corrected chi connectivity index (χ2v) is 7.34. The number of fused-ring (bicyclic) bond motifs is 1. The minimum absolute atomic E-state index is 0.0110. The summed E-state index contributed by atoms with van der Waals surface area (Å²) < 4.78 is 4.93. The predicted octanol–water partition coefficient (Wildman–Crippen LogP) is 1.50. The van der Waals surface area contributed by atoms with Gasteiger partial charge in [0.2, 0.25) is 11.8 Å². The largest absolute Gasteiger partial charge is 0.394 e. The van der Waals surface area contributed by atoms with Crippen LogP contribution < -0.4 is 0 Å². The summed E-state index contributed by atoms with van der Waals surface area (Å²) in [5, 5.41) is 9.87. The van der Waals surface area contributed by atoms with E-state index in [1.54, 1.807) is 9.80 Å². The Bertz CT molecular complexity index is 853. The Labute approximate surface area is 164 Å². The van der Waals surface area contributed by atoms with Crippen molar-refractivity contribution >= 4 is 11.8 Å². The molecular weight excluding hydrogens is 356 g/mol. The molecular formula is C22H24N2O4. The molecule has 0 aromatic heterocycles. The fourth-order valence-corrected chi connectivity index (χ4v) is 4.43. The van der Waals surface area contributed by atoms with E-state index in [1.165, 1.54) is 7.11 Å². The van der Waals surface area contributed by atoms with Crippen LogP contribution in [0.4, 0.5) is 0 Å². The third-order valence-corrected chi connectivity index (χ3v) is 5.78. The highest BCUT2D eigenvalue weighted by Gasteiger charge is 2.54. The molecule has 2 aliphatic rings. The number of benzene rings is 2. The zero-order valence-electron chi connectivity index (χ0n) is 15.8. The maximum absolute atomic E-state index is 12.5. The van der Waals surface area contributed by atoms with E-state index in [1.807, 2.05) is 18.2 Å². The van der Waals surface area contributed by atoms with Crippen LogP contribution in [0.1, 0.15) is 11.5 Å². The molecule has 2 amide bonds. The first-order valence-corrected chi connectivity index (χ1v) is 9.48. The number of carbonyl (C=O) groups excluding carboxylic acids is 2. The summed E-state index contributed by atoms with van der Waals surface area (Å²) in [6, 6.07) is 18.1. The normalized spacial score (nSPS) is 23.9. The van der Waals surface area contributed by atoms with Crippen LogP contribution >= 0.6 is 0 Å². The Morgan fingerprint density at radius 3 is 2.43 bits per heavy atom. The number of nitrogens with zero attached hydrogens (tertiary/aromatic N) is 2. The first-order chi connectivity index (χ1) is 13.6. The maximum atomic E-state index is 12.5. The van der Waals surface area contributed by atoms with Crippen LogP contribution in [0.2, 0.25) is 0 Å². The monoisotopic (exact) mass is 380 g/mol. The predicted molar refractivity (Wildman–Crippen MR) is 105 cm³/mol. The van der Waals surface area contributed by atoms with E-state index in [-0.39, 0.29) is 49.6 Å². The van der Waals surface area contributed by atoms with E-state index in [2.05, 4.69) is 36.4 Å².